The quantitative estimate of drug-likeness (QED) is 0.683. The molecule has 7 nitrogen and oxygen atoms in total. The third-order valence-corrected chi connectivity index (χ3v) is 3.88. The zero-order valence-electron chi connectivity index (χ0n) is 10.3. The van der Waals surface area contributed by atoms with E-state index in [9.17, 15) is 13.2 Å². The first-order valence-corrected chi connectivity index (χ1v) is 7.56. The fourth-order valence-electron chi connectivity index (χ4n) is 1.29. The van der Waals surface area contributed by atoms with Crippen molar-refractivity contribution in [2.75, 3.05) is 24.6 Å². The molecule has 1 amide bonds. The minimum Gasteiger partial charge on any atom is -0.384 e. The summed E-state index contributed by atoms with van der Waals surface area (Å²) >= 11 is 5.80. The minimum atomic E-state index is -3.37. The SMILES string of the molecule is CCNS(=O)(=O)CCNC(=O)c1nc(N)ccc1Cl. The molecule has 19 heavy (non-hydrogen) atoms. The molecular weight excluding hydrogens is 292 g/mol. The highest BCUT2D eigenvalue weighted by Gasteiger charge is 2.14. The fraction of sp³-hybridized carbons (Fsp3) is 0.400. The van der Waals surface area contributed by atoms with Gasteiger partial charge in [0.15, 0.2) is 0 Å². The van der Waals surface area contributed by atoms with Gasteiger partial charge in [0.25, 0.3) is 5.91 Å². The number of carbonyl (C=O) groups is 1. The van der Waals surface area contributed by atoms with Gasteiger partial charge in [-0.1, -0.05) is 18.5 Å². The van der Waals surface area contributed by atoms with Crippen LogP contribution in [0.3, 0.4) is 0 Å². The van der Waals surface area contributed by atoms with E-state index in [2.05, 4.69) is 15.0 Å². The lowest BCUT2D eigenvalue weighted by molar-refractivity contribution is 0.0951. The van der Waals surface area contributed by atoms with Gasteiger partial charge in [0.05, 0.1) is 10.8 Å². The predicted octanol–water partition coefficient (Wildman–Crippen LogP) is -0.0137. The third-order valence-electron chi connectivity index (χ3n) is 2.10. The van der Waals surface area contributed by atoms with E-state index in [1.807, 2.05) is 0 Å². The van der Waals surface area contributed by atoms with E-state index in [4.69, 9.17) is 17.3 Å². The molecule has 1 aromatic rings. The van der Waals surface area contributed by atoms with Crippen molar-refractivity contribution in [1.82, 2.24) is 15.0 Å². The molecule has 106 valence electrons. The molecule has 0 bridgehead atoms. The normalized spacial score (nSPS) is 11.3. The lowest BCUT2D eigenvalue weighted by atomic mass is 10.3. The van der Waals surface area contributed by atoms with Crippen LogP contribution in [0.4, 0.5) is 5.82 Å². The molecule has 0 aliphatic rings. The number of nitrogen functional groups attached to an aromatic ring is 1. The summed E-state index contributed by atoms with van der Waals surface area (Å²) in [6.07, 6.45) is 0. The third kappa shape index (κ3) is 5.01. The Labute approximate surface area is 116 Å². The van der Waals surface area contributed by atoms with Gasteiger partial charge in [0.1, 0.15) is 11.5 Å². The summed E-state index contributed by atoms with van der Waals surface area (Å²) in [5.41, 5.74) is 5.42. The number of rotatable bonds is 6. The largest absolute Gasteiger partial charge is 0.384 e. The van der Waals surface area contributed by atoms with Crippen LogP contribution in [0, 0.1) is 0 Å². The zero-order valence-corrected chi connectivity index (χ0v) is 11.9. The zero-order chi connectivity index (χ0) is 14.5. The molecule has 1 aromatic heterocycles. The molecule has 0 aliphatic heterocycles. The van der Waals surface area contributed by atoms with Gasteiger partial charge in [-0.25, -0.2) is 18.1 Å². The predicted molar refractivity (Wildman–Crippen MR) is 73.5 cm³/mol. The van der Waals surface area contributed by atoms with Gasteiger partial charge >= 0.3 is 0 Å². The summed E-state index contributed by atoms with van der Waals surface area (Å²) in [6, 6.07) is 2.92. The molecule has 0 saturated carbocycles. The molecule has 0 radical (unpaired) electrons. The van der Waals surface area contributed by atoms with Gasteiger partial charge in [-0.15, -0.1) is 0 Å². The maximum Gasteiger partial charge on any atom is 0.271 e. The summed E-state index contributed by atoms with van der Waals surface area (Å²) in [7, 11) is -3.37. The lowest BCUT2D eigenvalue weighted by Gasteiger charge is -2.07. The van der Waals surface area contributed by atoms with Crippen LogP contribution >= 0.6 is 11.6 Å². The van der Waals surface area contributed by atoms with Gasteiger partial charge in [-0.05, 0) is 12.1 Å². The van der Waals surface area contributed by atoms with Crippen molar-refractivity contribution in [3.05, 3.63) is 22.8 Å². The van der Waals surface area contributed by atoms with Crippen molar-refractivity contribution >= 4 is 33.3 Å². The van der Waals surface area contributed by atoms with Crippen LogP contribution in [0.2, 0.25) is 5.02 Å². The Morgan fingerprint density at radius 1 is 1.47 bits per heavy atom. The first kappa shape index (κ1) is 15.7. The van der Waals surface area contributed by atoms with Crippen molar-refractivity contribution in [2.24, 2.45) is 0 Å². The van der Waals surface area contributed by atoms with Crippen molar-refractivity contribution in [2.45, 2.75) is 6.92 Å². The van der Waals surface area contributed by atoms with Crippen LogP contribution in [0.1, 0.15) is 17.4 Å². The highest BCUT2D eigenvalue weighted by molar-refractivity contribution is 7.89. The molecule has 9 heteroatoms. The van der Waals surface area contributed by atoms with Gasteiger partial charge in [0.2, 0.25) is 10.0 Å². The van der Waals surface area contributed by atoms with Crippen molar-refractivity contribution in [3.8, 4) is 0 Å². The Hall–Kier alpha value is -1.38. The number of hydrogen-bond donors (Lipinski definition) is 3. The molecular formula is C10H15ClN4O3S. The first-order chi connectivity index (χ1) is 8.85. The average Bonchev–Trinajstić information content (AvgIpc) is 2.31. The number of aromatic nitrogens is 1. The van der Waals surface area contributed by atoms with E-state index in [1.165, 1.54) is 12.1 Å². The van der Waals surface area contributed by atoms with Crippen molar-refractivity contribution in [3.63, 3.8) is 0 Å². The summed E-state index contributed by atoms with van der Waals surface area (Å²) in [6.45, 7) is 1.94. The molecule has 0 spiro atoms. The number of halogens is 1. The van der Waals surface area contributed by atoms with E-state index >= 15 is 0 Å². The number of anilines is 1. The van der Waals surface area contributed by atoms with E-state index in [-0.39, 0.29) is 28.8 Å². The Balaban J connectivity index is 2.59. The maximum absolute atomic E-state index is 11.7. The Kier molecular flexibility index (Phi) is 5.52. The number of nitrogens with two attached hydrogens (primary N) is 1. The molecule has 0 aliphatic carbocycles. The summed E-state index contributed by atoms with van der Waals surface area (Å²) in [5, 5.41) is 2.57. The molecule has 0 unspecified atom stereocenters. The summed E-state index contributed by atoms with van der Waals surface area (Å²) in [4.78, 5) is 15.5. The smallest absolute Gasteiger partial charge is 0.271 e. The second-order valence-electron chi connectivity index (χ2n) is 3.64. The summed E-state index contributed by atoms with van der Waals surface area (Å²) < 4.78 is 25.0. The number of pyridine rings is 1. The molecule has 4 N–H and O–H groups in total. The highest BCUT2D eigenvalue weighted by Crippen LogP contribution is 2.14. The molecule has 0 aromatic carbocycles. The van der Waals surface area contributed by atoms with Gasteiger partial charge in [-0.3, -0.25) is 4.79 Å². The first-order valence-electron chi connectivity index (χ1n) is 5.53. The van der Waals surface area contributed by atoms with Crippen LogP contribution in [0.25, 0.3) is 0 Å². The fourth-order valence-corrected chi connectivity index (χ4v) is 2.44. The van der Waals surface area contributed by atoms with Crippen molar-refractivity contribution < 1.29 is 13.2 Å². The van der Waals surface area contributed by atoms with Crippen LogP contribution < -0.4 is 15.8 Å². The molecule has 1 heterocycles. The van der Waals surface area contributed by atoms with Gasteiger partial charge < -0.3 is 11.1 Å². The second-order valence-corrected chi connectivity index (χ2v) is 5.97. The molecule has 1 rings (SSSR count). The monoisotopic (exact) mass is 306 g/mol. The Bertz CT molecular complexity index is 562. The second kappa shape index (κ2) is 6.69. The van der Waals surface area contributed by atoms with Gasteiger partial charge in [-0.2, -0.15) is 0 Å². The van der Waals surface area contributed by atoms with Crippen molar-refractivity contribution in [1.29, 1.82) is 0 Å². The maximum atomic E-state index is 11.7. The Morgan fingerprint density at radius 2 is 2.16 bits per heavy atom. The average molecular weight is 307 g/mol. The summed E-state index contributed by atoms with van der Waals surface area (Å²) in [5.74, 6) is -0.620. The molecule has 0 fully saturated rings. The van der Waals surface area contributed by atoms with E-state index in [0.29, 0.717) is 6.54 Å². The van der Waals surface area contributed by atoms with E-state index in [1.54, 1.807) is 6.92 Å². The Morgan fingerprint density at radius 3 is 2.79 bits per heavy atom. The topological polar surface area (TPSA) is 114 Å². The highest BCUT2D eigenvalue weighted by atomic mass is 35.5. The molecule has 0 atom stereocenters. The number of sulfonamides is 1. The molecule has 0 saturated heterocycles. The van der Waals surface area contributed by atoms with Crippen LogP contribution in [0.15, 0.2) is 12.1 Å². The van der Waals surface area contributed by atoms with Crippen LogP contribution in [0.5, 0.6) is 0 Å². The minimum absolute atomic E-state index is 0.0254. The van der Waals surface area contributed by atoms with E-state index < -0.39 is 15.9 Å². The van der Waals surface area contributed by atoms with E-state index in [0.717, 1.165) is 0 Å². The lowest BCUT2D eigenvalue weighted by Crippen LogP contribution is -2.34. The number of nitrogens with one attached hydrogen (secondary N) is 2. The van der Waals surface area contributed by atoms with Crippen LogP contribution in [-0.2, 0) is 10.0 Å². The number of hydrogen-bond acceptors (Lipinski definition) is 5. The number of amides is 1. The van der Waals surface area contributed by atoms with Crippen LogP contribution in [-0.4, -0.2) is 38.2 Å². The van der Waals surface area contributed by atoms with Gasteiger partial charge in [0, 0.05) is 13.1 Å². The number of nitrogens with zero attached hydrogens (tertiary/aromatic N) is 1. The number of carbonyl (C=O) groups excluding carboxylic acids is 1. The standard InChI is InChI=1S/C10H15ClN4O3S/c1-2-14-19(17,18)6-5-13-10(16)9-7(11)3-4-8(12)15-9/h3-4,14H,2,5-6H2,1H3,(H2,12,15)(H,13,16).